The van der Waals surface area contributed by atoms with Gasteiger partial charge < -0.3 is 4.74 Å². The molecule has 0 aromatic heterocycles. The predicted molar refractivity (Wildman–Crippen MR) is 114 cm³/mol. The van der Waals surface area contributed by atoms with Gasteiger partial charge >= 0.3 is 5.97 Å². The molecule has 1 heterocycles. The van der Waals surface area contributed by atoms with E-state index in [1.165, 1.54) is 24.3 Å². The van der Waals surface area contributed by atoms with E-state index >= 15 is 0 Å². The van der Waals surface area contributed by atoms with Gasteiger partial charge in [0.1, 0.15) is 6.10 Å². The zero-order chi connectivity index (χ0) is 22.4. The van der Waals surface area contributed by atoms with Gasteiger partial charge in [-0.1, -0.05) is 45.5 Å². The van der Waals surface area contributed by atoms with Crippen LogP contribution in [0.5, 0.6) is 0 Å². The Morgan fingerprint density at radius 1 is 0.871 bits per heavy atom. The van der Waals surface area contributed by atoms with E-state index in [9.17, 15) is 21.6 Å². The smallest absolute Gasteiger partial charge is 0.312 e. The molecule has 1 aliphatic heterocycles. The molecule has 1 atom stereocenters. The van der Waals surface area contributed by atoms with Crippen molar-refractivity contribution in [2.45, 2.75) is 55.4 Å². The summed E-state index contributed by atoms with van der Waals surface area (Å²) in [6.07, 6.45) is 1.81. The first kappa shape index (κ1) is 22.0. The van der Waals surface area contributed by atoms with Gasteiger partial charge in [-0.15, -0.1) is 0 Å². The molecular weight excluding hydrogens is 438 g/mol. The topological polar surface area (TPSA) is 97.8 Å². The fourth-order valence-electron chi connectivity index (χ4n) is 4.10. The third kappa shape index (κ3) is 3.90. The molecule has 7 nitrogen and oxygen atoms in total. The molecule has 1 aliphatic carbocycles. The van der Waals surface area contributed by atoms with E-state index in [-0.39, 0.29) is 15.8 Å². The third-order valence-corrected chi connectivity index (χ3v) is 10.4. The number of carbonyl (C=O) groups excluding carboxylic acids is 1. The maximum Gasteiger partial charge on any atom is 0.312 e. The standard InChI is InChI=1S/C22H25NO6S2/c1-16-4-8-19(9-5-16)30(25,26)23(31(27,28)20-10-6-17(2)7-11-20)15-18-14-22(12-3-13-22)21(24)29-18/h4-11,18H,3,12-15H2,1-2H3/t18-/m0/s1. The van der Waals surface area contributed by atoms with Crippen LogP contribution < -0.4 is 0 Å². The van der Waals surface area contributed by atoms with Crippen molar-refractivity contribution >= 4 is 26.0 Å². The van der Waals surface area contributed by atoms with E-state index in [1.54, 1.807) is 24.3 Å². The molecule has 1 saturated heterocycles. The van der Waals surface area contributed by atoms with E-state index in [0.717, 1.165) is 17.5 Å². The summed E-state index contributed by atoms with van der Waals surface area (Å²) < 4.78 is 59.7. The van der Waals surface area contributed by atoms with Crippen molar-refractivity contribution < 1.29 is 26.4 Å². The first-order chi connectivity index (χ1) is 14.5. The molecule has 2 fully saturated rings. The number of rotatable bonds is 6. The number of aryl methyl sites for hydroxylation is 2. The Labute approximate surface area is 183 Å². The van der Waals surface area contributed by atoms with Crippen molar-refractivity contribution in [1.29, 1.82) is 0 Å². The highest BCUT2D eigenvalue weighted by Gasteiger charge is 2.54. The Kier molecular flexibility index (Phi) is 5.47. The van der Waals surface area contributed by atoms with E-state index in [4.69, 9.17) is 4.74 Å². The lowest BCUT2D eigenvalue weighted by Gasteiger charge is -2.33. The van der Waals surface area contributed by atoms with Crippen molar-refractivity contribution in [3.05, 3.63) is 59.7 Å². The molecule has 9 heteroatoms. The average Bonchev–Trinajstić information content (AvgIpc) is 3.03. The highest BCUT2D eigenvalue weighted by molar-refractivity contribution is 8.04. The zero-order valence-electron chi connectivity index (χ0n) is 17.4. The SMILES string of the molecule is Cc1ccc(S(=O)(=O)N(C[C@@H]2CC3(CCC3)C(=O)O2)S(=O)(=O)c2ccc(C)cc2)cc1. The summed E-state index contributed by atoms with van der Waals surface area (Å²) in [7, 11) is -8.82. The minimum Gasteiger partial charge on any atom is -0.460 e. The largest absolute Gasteiger partial charge is 0.460 e. The molecule has 4 rings (SSSR count). The molecule has 2 aromatic carbocycles. The van der Waals surface area contributed by atoms with Crippen LogP contribution in [0, 0.1) is 19.3 Å². The summed E-state index contributed by atoms with van der Waals surface area (Å²) in [5.74, 6) is -0.357. The Balaban J connectivity index is 1.74. The number of ether oxygens (including phenoxy) is 1. The summed E-state index contributed by atoms with van der Waals surface area (Å²) in [4.78, 5) is 12.1. The van der Waals surface area contributed by atoms with Crippen LogP contribution in [0.1, 0.15) is 36.8 Å². The van der Waals surface area contributed by atoms with Gasteiger partial charge in [-0.25, -0.2) is 16.8 Å². The molecule has 0 unspecified atom stereocenters. The van der Waals surface area contributed by atoms with Gasteiger partial charge in [0.15, 0.2) is 0 Å². The fourth-order valence-corrected chi connectivity index (χ4v) is 7.80. The Morgan fingerprint density at radius 3 is 1.68 bits per heavy atom. The van der Waals surface area contributed by atoms with Crippen LogP contribution in [0.3, 0.4) is 0 Å². The normalized spacial score (nSPS) is 20.6. The monoisotopic (exact) mass is 463 g/mol. The molecule has 166 valence electrons. The molecular formula is C22H25NO6S2. The first-order valence-electron chi connectivity index (χ1n) is 10.2. The van der Waals surface area contributed by atoms with Gasteiger partial charge in [-0.2, -0.15) is 0 Å². The van der Waals surface area contributed by atoms with Crippen LogP contribution in [0.2, 0.25) is 0 Å². The van der Waals surface area contributed by atoms with Gasteiger partial charge in [-0.3, -0.25) is 4.79 Å². The predicted octanol–water partition coefficient (Wildman–Crippen LogP) is 3.17. The van der Waals surface area contributed by atoms with Gasteiger partial charge in [0.2, 0.25) is 0 Å². The van der Waals surface area contributed by atoms with Gasteiger partial charge in [-0.05, 0) is 51.0 Å². The van der Waals surface area contributed by atoms with Crippen LogP contribution in [0.15, 0.2) is 58.3 Å². The second-order valence-corrected chi connectivity index (χ2v) is 12.4. The number of carbonyl (C=O) groups is 1. The fraction of sp³-hybridized carbons (Fsp3) is 0.409. The van der Waals surface area contributed by atoms with Crippen LogP contribution >= 0.6 is 0 Å². The molecule has 1 spiro atoms. The minimum atomic E-state index is -4.41. The molecule has 2 aliphatic rings. The molecule has 0 N–H and O–H groups in total. The summed E-state index contributed by atoms with van der Waals surface area (Å²) in [5, 5.41) is 0. The number of cyclic esters (lactones) is 1. The molecule has 31 heavy (non-hydrogen) atoms. The number of hydrogen-bond donors (Lipinski definition) is 0. The summed E-state index contributed by atoms with van der Waals surface area (Å²) in [6, 6.07) is 12.0. The molecule has 2 aromatic rings. The Hall–Kier alpha value is -2.23. The molecule has 0 bridgehead atoms. The lowest BCUT2D eigenvalue weighted by Crippen LogP contribution is -2.42. The van der Waals surface area contributed by atoms with Crippen molar-refractivity contribution in [2.75, 3.05) is 6.54 Å². The number of hydrogen-bond acceptors (Lipinski definition) is 6. The van der Waals surface area contributed by atoms with Gasteiger partial charge in [0, 0.05) is 6.42 Å². The Morgan fingerprint density at radius 2 is 1.32 bits per heavy atom. The second kappa shape index (κ2) is 7.72. The lowest BCUT2D eigenvalue weighted by atomic mass is 9.67. The number of sulfonamides is 2. The van der Waals surface area contributed by atoms with Crippen LogP contribution in [-0.4, -0.2) is 39.2 Å². The number of esters is 1. The van der Waals surface area contributed by atoms with E-state index in [1.807, 2.05) is 13.8 Å². The van der Waals surface area contributed by atoms with Crippen molar-refractivity contribution in [1.82, 2.24) is 3.71 Å². The van der Waals surface area contributed by atoms with Gasteiger partial charge in [0.05, 0.1) is 21.8 Å². The number of benzene rings is 2. The molecule has 0 amide bonds. The van der Waals surface area contributed by atoms with Crippen molar-refractivity contribution in [2.24, 2.45) is 5.41 Å². The minimum absolute atomic E-state index is 0.128. The summed E-state index contributed by atoms with van der Waals surface area (Å²) in [5.41, 5.74) is 1.12. The maximum atomic E-state index is 13.5. The highest BCUT2D eigenvalue weighted by atomic mass is 32.3. The highest BCUT2D eigenvalue weighted by Crippen LogP contribution is 2.50. The van der Waals surface area contributed by atoms with Crippen molar-refractivity contribution in [3.63, 3.8) is 0 Å². The van der Waals surface area contributed by atoms with E-state index in [2.05, 4.69) is 0 Å². The molecule has 0 radical (unpaired) electrons. The quantitative estimate of drug-likeness (QED) is 0.611. The number of nitrogens with zero attached hydrogens (tertiary/aromatic N) is 1. The third-order valence-electron chi connectivity index (χ3n) is 6.16. The summed E-state index contributed by atoms with van der Waals surface area (Å²) in [6.45, 7) is 3.18. The van der Waals surface area contributed by atoms with Crippen LogP contribution in [0.25, 0.3) is 0 Å². The maximum absolute atomic E-state index is 13.5. The second-order valence-electron chi connectivity index (χ2n) is 8.46. The summed E-state index contributed by atoms with van der Waals surface area (Å²) >= 11 is 0. The lowest BCUT2D eigenvalue weighted by molar-refractivity contribution is -0.152. The van der Waals surface area contributed by atoms with Crippen LogP contribution in [-0.2, 0) is 29.6 Å². The molecule has 1 saturated carbocycles. The Bertz CT molecular complexity index is 1120. The van der Waals surface area contributed by atoms with Crippen molar-refractivity contribution in [3.8, 4) is 0 Å². The van der Waals surface area contributed by atoms with E-state index in [0.29, 0.717) is 23.0 Å². The van der Waals surface area contributed by atoms with Gasteiger partial charge in [0.25, 0.3) is 20.0 Å². The van der Waals surface area contributed by atoms with E-state index < -0.39 is 38.1 Å². The first-order valence-corrected chi connectivity index (χ1v) is 13.1. The zero-order valence-corrected chi connectivity index (χ0v) is 19.1. The average molecular weight is 464 g/mol. The van der Waals surface area contributed by atoms with Crippen LogP contribution in [0.4, 0.5) is 0 Å².